The van der Waals surface area contributed by atoms with Crippen molar-refractivity contribution in [1.82, 2.24) is 4.90 Å². The van der Waals surface area contributed by atoms with Crippen molar-refractivity contribution in [2.24, 2.45) is 0 Å². The van der Waals surface area contributed by atoms with Crippen LogP contribution in [0.5, 0.6) is 0 Å². The van der Waals surface area contributed by atoms with E-state index in [-0.39, 0.29) is 6.03 Å². The van der Waals surface area contributed by atoms with Crippen LogP contribution in [0.4, 0.5) is 10.5 Å². The van der Waals surface area contributed by atoms with Gasteiger partial charge in [-0.1, -0.05) is 48.5 Å². The first kappa shape index (κ1) is 13.4. The summed E-state index contributed by atoms with van der Waals surface area (Å²) >= 11 is 0. The smallest absolute Gasteiger partial charge is 0.317 e. The molecule has 3 nitrogen and oxygen atoms in total. The molecule has 0 aromatic heterocycles. The maximum Gasteiger partial charge on any atom is 0.325 e. The van der Waals surface area contributed by atoms with Gasteiger partial charge in [0.2, 0.25) is 0 Å². The van der Waals surface area contributed by atoms with E-state index in [0.717, 1.165) is 31.5 Å². The van der Waals surface area contributed by atoms with E-state index in [2.05, 4.69) is 35.2 Å². The summed E-state index contributed by atoms with van der Waals surface area (Å²) in [4.78, 5) is 17.1. The van der Waals surface area contributed by atoms with Crippen LogP contribution in [-0.2, 0) is 13.0 Å². The summed E-state index contributed by atoms with van der Waals surface area (Å²) in [5.41, 5.74) is 3.58. The molecular formula is C19H20N2O. The number of hydrogen-bond acceptors (Lipinski definition) is 1. The molecule has 2 aliphatic rings. The molecule has 4 rings (SSSR count). The van der Waals surface area contributed by atoms with E-state index in [9.17, 15) is 4.79 Å². The molecule has 1 heterocycles. The number of rotatable bonds is 3. The number of benzene rings is 2. The summed E-state index contributed by atoms with van der Waals surface area (Å²) in [5, 5.41) is 0. The molecule has 0 bridgehead atoms. The fourth-order valence-corrected chi connectivity index (χ4v) is 3.21. The topological polar surface area (TPSA) is 23.6 Å². The average Bonchev–Trinajstić information content (AvgIpc) is 3.31. The Morgan fingerprint density at radius 2 is 1.77 bits per heavy atom. The lowest BCUT2D eigenvalue weighted by Gasteiger charge is -2.28. The van der Waals surface area contributed by atoms with Gasteiger partial charge in [0.15, 0.2) is 0 Å². The zero-order valence-electron chi connectivity index (χ0n) is 12.6. The number of nitrogens with zero attached hydrogens (tertiary/aromatic N) is 2. The van der Waals surface area contributed by atoms with E-state index < -0.39 is 0 Å². The number of amides is 2. The standard InChI is InChI=1S/C19H20N2O/c22-19(20-13-12-16-8-4-5-9-18(16)20)21(17-10-11-17)14-15-6-2-1-3-7-15/h1-9,17H,10-14H2. The second-order valence-corrected chi connectivity index (χ2v) is 6.16. The first-order valence-corrected chi connectivity index (χ1v) is 8.03. The monoisotopic (exact) mass is 292 g/mol. The minimum absolute atomic E-state index is 0.163. The van der Waals surface area contributed by atoms with Gasteiger partial charge in [0.05, 0.1) is 0 Å². The molecule has 0 unspecified atom stereocenters. The normalized spacial score (nSPS) is 16.5. The number of para-hydroxylation sites is 1. The zero-order chi connectivity index (χ0) is 14.9. The van der Waals surface area contributed by atoms with E-state index in [1.165, 1.54) is 11.1 Å². The third-order valence-electron chi connectivity index (χ3n) is 4.55. The van der Waals surface area contributed by atoms with Gasteiger partial charge >= 0.3 is 6.03 Å². The summed E-state index contributed by atoms with van der Waals surface area (Å²) in [6.45, 7) is 1.51. The molecular weight excluding hydrogens is 272 g/mol. The third kappa shape index (κ3) is 2.47. The molecule has 2 amide bonds. The first-order valence-electron chi connectivity index (χ1n) is 8.03. The molecule has 3 heteroatoms. The number of hydrogen-bond donors (Lipinski definition) is 0. The largest absolute Gasteiger partial charge is 0.325 e. The molecule has 2 aromatic rings. The number of anilines is 1. The predicted octanol–water partition coefficient (Wildman–Crippen LogP) is 3.83. The molecule has 22 heavy (non-hydrogen) atoms. The molecule has 2 aromatic carbocycles. The van der Waals surface area contributed by atoms with E-state index in [1.54, 1.807) is 0 Å². The van der Waals surface area contributed by atoms with Crippen molar-refractivity contribution in [3.63, 3.8) is 0 Å². The lowest BCUT2D eigenvalue weighted by molar-refractivity contribution is 0.199. The molecule has 0 spiro atoms. The van der Waals surface area contributed by atoms with Crippen molar-refractivity contribution in [2.45, 2.75) is 31.8 Å². The molecule has 0 N–H and O–H groups in total. The minimum Gasteiger partial charge on any atom is -0.317 e. The second kappa shape index (κ2) is 5.48. The summed E-state index contributed by atoms with van der Waals surface area (Å²) in [7, 11) is 0. The highest BCUT2D eigenvalue weighted by Gasteiger charge is 2.36. The van der Waals surface area contributed by atoms with Gasteiger partial charge in [-0.2, -0.15) is 0 Å². The van der Waals surface area contributed by atoms with Crippen molar-refractivity contribution in [2.75, 3.05) is 11.4 Å². The van der Waals surface area contributed by atoms with E-state index >= 15 is 0 Å². The van der Waals surface area contributed by atoms with Crippen LogP contribution in [0.3, 0.4) is 0 Å². The number of urea groups is 1. The lowest BCUT2D eigenvalue weighted by Crippen LogP contribution is -2.43. The van der Waals surface area contributed by atoms with Crippen LogP contribution in [0.25, 0.3) is 0 Å². The molecule has 0 radical (unpaired) electrons. The van der Waals surface area contributed by atoms with Crippen LogP contribution in [0, 0.1) is 0 Å². The van der Waals surface area contributed by atoms with E-state index in [1.807, 2.05) is 29.2 Å². The Morgan fingerprint density at radius 1 is 1.05 bits per heavy atom. The quantitative estimate of drug-likeness (QED) is 0.843. The summed E-state index contributed by atoms with van der Waals surface area (Å²) in [6.07, 6.45) is 3.23. The van der Waals surface area contributed by atoms with Crippen LogP contribution < -0.4 is 4.90 Å². The molecule has 1 aliphatic carbocycles. The van der Waals surface area contributed by atoms with Gasteiger partial charge in [-0.25, -0.2) is 4.79 Å². The van der Waals surface area contributed by atoms with Crippen molar-refractivity contribution < 1.29 is 4.79 Å². The molecule has 1 aliphatic heterocycles. The SMILES string of the molecule is O=C(N1CCc2ccccc21)N(Cc1ccccc1)C1CC1. The maximum atomic E-state index is 13.0. The van der Waals surface area contributed by atoms with E-state index in [0.29, 0.717) is 12.6 Å². The van der Waals surface area contributed by atoms with Gasteiger partial charge in [0, 0.05) is 24.8 Å². The van der Waals surface area contributed by atoms with Gasteiger partial charge in [-0.3, -0.25) is 4.90 Å². The van der Waals surface area contributed by atoms with Crippen LogP contribution >= 0.6 is 0 Å². The van der Waals surface area contributed by atoms with Crippen molar-refractivity contribution in [3.05, 3.63) is 65.7 Å². The Morgan fingerprint density at radius 3 is 2.55 bits per heavy atom. The predicted molar refractivity (Wildman–Crippen MR) is 87.9 cm³/mol. The van der Waals surface area contributed by atoms with Crippen molar-refractivity contribution in [3.8, 4) is 0 Å². The molecule has 0 saturated heterocycles. The van der Waals surface area contributed by atoms with Crippen LogP contribution in [-0.4, -0.2) is 23.5 Å². The second-order valence-electron chi connectivity index (χ2n) is 6.16. The summed E-state index contributed by atoms with van der Waals surface area (Å²) in [6, 6.07) is 19.1. The Hall–Kier alpha value is -2.29. The van der Waals surface area contributed by atoms with Crippen LogP contribution in [0.15, 0.2) is 54.6 Å². The van der Waals surface area contributed by atoms with Gasteiger partial charge in [-0.15, -0.1) is 0 Å². The summed E-state index contributed by atoms with van der Waals surface area (Å²) < 4.78 is 0. The van der Waals surface area contributed by atoms with Gasteiger partial charge in [0.25, 0.3) is 0 Å². The highest BCUT2D eigenvalue weighted by Crippen LogP contribution is 2.33. The van der Waals surface area contributed by atoms with Crippen LogP contribution in [0.1, 0.15) is 24.0 Å². The highest BCUT2D eigenvalue weighted by molar-refractivity contribution is 5.94. The minimum atomic E-state index is 0.163. The van der Waals surface area contributed by atoms with Gasteiger partial charge < -0.3 is 4.90 Å². The molecule has 1 saturated carbocycles. The number of carbonyl (C=O) groups is 1. The molecule has 112 valence electrons. The lowest BCUT2D eigenvalue weighted by atomic mass is 10.2. The Labute approximate surface area is 131 Å². The van der Waals surface area contributed by atoms with E-state index in [4.69, 9.17) is 0 Å². The van der Waals surface area contributed by atoms with Gasteiger partial charge in [-0.05, 0) is 36.5 Å². The number of fused-ring (bicyclic) bond motifs is 1. The molecule has 1 fully saturated rings. The Balaban J connectivity index is 1.57. The fourth-order valence-electron chi connectivity index (χ4n) is 3.21. The first-order chi connectivity index (χ1) is 10.8. The fraction of sp³-hybridized carbons (Fsp3) is 0.316. The Bertz CT molecular complexity index is 679. The Kier molecular flexibility index (Phi) is 3.34. The number of carbonyl (C=O) groups excluding carboxylic acids is 1. The zero-order valence-corrected chi connectivity index (χ0v) is 12.6. The summed E-state index contributed by atoms with van der Waals surface area (Å²) in [5.74, 6) is 0. The van der Waals surface area contributed by atoms with Gasteiger partial charge in [0.1, 0.15) is 0 Å². The third-order valence-corrected chi connectivity index (χ3v) is 4.55. The van der Waals surface area contributed by atoms with Crippen molar-refractivity contribution in [1.29, 1.82) is 0 Å². The maximum absolute atomic E-state index is 13.0. The van der Waals surface area contributed by atoms with Crippen LogP contribution in [0.2, 0.25) is 0 Å². The van der Waals surface area contributed by atoms with Crippen molar-refractivity contribution >= 4 is 11.7 Å². The average molecular weight is 292 g/mol. The highest BCUT2D eigenvalue weighted by atomic mass is 16.2. The molecule has 0 atom stereocenters.